The second-order valence-corrected chi connectivity index (χ2v) is 9.34. The molecule has 2 aromatic heterocycles. The molecule has 35 heavy (non-hydrogen) atoms. The number of fused-ring (bicyclic) bond motifs is 1. The van der Waals surface area contributed by atoms with Gasteiger partial charge in [-0.05, 0) is 51.3 Å². The molecule has 4 heterocycles. The van der Waals surface area contributed by atoms with E-state index in [9.17, 15) is 0 Å². The van der Waals surface area contributed by atoms with Crippen LogP contribution in [0.4, 0.5) is 20.3 Å². The van der Waals surface area contributed by atoms with Crippen molar-refractivity contribution in [1.82, 2.24) is 15.2 Å². The first kappa shape index (κ1) is 23.8. The van der Waals surface area contributed by atoms with Gasteiger partial charge < -0.3 is 19.7 Å². The van der Waals surface area contributed by atoms with Crippen LogP contribution in [0.5, 0.6) is 0 Å². The van der Waals surface area contributed by atoms with Crippen LogP contribution in [0.15, 0.2) is 30.3 Å². The Morgan fingerprint density at radius 3 is 2.63 bits per heavy atom. The largest absolute Gasteiger partial charge is 0.378 e. The summed E-state index contributed by atoms with van der Waals surface area (Å²) in [5, 5.41) is 13.0. The van der Waals surface area contributed by atoms with Crippen molar-refractivity contribution >= 4 is 22.4 Å². The average Bonchev–Trinajstić information content (AvgIpc) is 3.42. The number of aryl methyl sites for hydroxylation is 2. The Morgan fingerprint density at radius 1 is 1.09 bits per heavy atom. The molecular weight excluding hydrogens is 452 g/mol. The normalized spacial score (nSPS) is 19.8. The summed E-state index contributed by atoms with van der Waals surface area (Å²) < 4.78 is 40.9. The van der Waals surface area contributed by atoms with Gasteiger partial charge in [0.15, 0.2) is 5.82 Å². The van der Waals surface area contributed by atoms with Crippen LogP contribution < -0.4 is 10.2 Å². The first-order valence-electron chi connectivity index (χ1n) is 12.2. The Kier molecular flexibility index (Phi) is 6.55. The van der Waals surface area contributed by atoms with Gasteiger partial charge in [0.2, 0.25) is 0 Å². The summed E-state index contributed by atoms with van der Waals surface area (Å²) >= 11 is 0. The summed E-state index contributed by atoms with van der Waals surface area (Å²) in [6.45, 7) is 9.17. The van der Waals surface area contributed by atoms with Crippen molar-refractivity contribution in [2.24, 2.45) is 0 Å². The predicted octanol–water partition coefficient (Wildman–Crippen LogP) is 4.92. The highest BCUT2D eigenvalue weighted by Gasteiger charge is 2.44. The number of anilines is 2. The average molecular weight is 484 g/mol. The van der Waals surface area contributed by atoms with Crippen LogP contribution >= 0.6 is 0 Å². The van der Waals surface area contributed by atoms with Gasteiger partial charge in [-0.1, -0.05) is 18.2 Å². The topological polar surface area (TPSA) is 72.4 Å². The third kappa shape index (κ3) is 4.67. The fourth-order valence-corrected chi connectivity index (χ4v) is 4.86. The van der Waals surface area contributed by atoms with Gasteiger partial charge in [-0.15, -0.1) is 5.10 Å². The molecule has 5 rings (SSSR count). The number of benzene rings is 1. The van der Waals surface area contributed by atoms with Gasteiger partial charge in [-0.25, -0.2) is 4.98 Å². The van der Waals surface area contributed by atoms with E-state index in [0.29, 0.717) is 38.5 Å². The van der Waals surface area contributed by atoms with Gasteiger partial charge in [0.25, 0.3) is 5.92 Å². The molecule has 1 unspecified atom stereocenters. The molecule has 9 heteroatoms. The minimum absolute atomic E-state index is 0.0257. The van der Waals surface area contributed by atoms with Crippen LogP contribution in [0, 0.1) is 13.8 Å². The standard InChI is InChI=1S/C26H31F2N5O2/c1-16(19-6-4-7-20(14-19)26(27,28)23-8-5-11-35-23)30-25-21-15-22(33-9-12-34-13-10-33)17(2)29-24(21)18(3)31-32-25/h4,6-7,14-16,23H,5,8-13H2,1-3H3,(H,30,32)/t16-,23?/m1/s1. The molecule has 3 aromatic rings. The molecule has 0 bridgehead atoms. The van der Waals surface area contributed by atoms with E-state index in [-0.39, 0.29) is 11.6 Å². The molecule has 2 fully saturated rings. The van der Waals surface area contributed by atoms with Crippen molar-refractivity contribution in [2.45, 2.75) is 51.7 Å². The van der Waals surface area contributed by atoms with Crippen molar-refractivity contribution in [2.75, 3.05) is 43.1 Å². The zero-order chi connectivity index (χ0) is 24.6. The number of morpholine rings is 1. The van der Waals surface area contributed by atoms with Crippen molar-refractivity contribution < 1.29 is 18.3 Å². The molecule has 0 saturated carbocycles. The smallest absolute Gasteiger partial charge is 0.298 e. The number of pyridine rings is 1. The van der Waals surface area contributed by atoms with Crippen LogP contribution in [0.25, 0.3) is 10.9 Å². The zero-order valence-corrected chi connectivity index (χ0v) is 20.4. The van der Waals surface area contributed by atoms with Crippen LogP contribution in [0.3, 0.4) is 0 Å². The number of hydrogen-bond donors (Lipinski definition) is 1. The van der Waals surface area contributed by atoms with Crippen molar-refractivity contribution in [3.8, 4) is 0 Å². The molecular formula is C26H31F2N5O2. The summed E-state index contributed by atoms with van der Waals surface area (Å²) in [6, 6.07) is 8.38. The summed E-state index contributed by atoms with van der Waals surface area (Å²) in [5.74, 6) is -2.45. The van der Waals surface area contributed by atoms with Crippen LogP contribution in [0.2, 0.25) is 0 Å². The Hall–Kier alpha value is -2.91. The Bertz CT molecular complexity index is 1210. The SMILES string of the molecule is Cc1nc2c(C)nnc(N[C@H](C)c3cccc(C(F)(F)C4CCCO4)c3)c2cc1N1CCOCC1. The van der Waals surface area contributed by atoms with Gasteiger partial charge >= 0.3 is 0 Å². The minimum Gasteiger partial charge on any atom is -0.378 e. The molecule has 2 saturated heterocycles. The van der Waals surface area contributed by atoms with Gasteiger partial charge in [-0.2, -0.15) is 13.9 Å². The number of alkyl halides is 2. The van der Waals surface area contributed by atoms with Crippen molar-refractivity contribution in [3.05, 3.63) is 52.8 Å². The molecule has 1 N–H and O–H groups in total. The van der Waals surface area contributed by atoms with Crippen LogP contribution in [-0.4, -0.2) is 54.2 Å². The van der Waals surface area contributed by atoms with E-state index in [1.54, 1.807) is 12.1 Å². The number of ether oxygens (including phenoxy) is 2. The lowest BCUT2D eigenvalue weighted by atomic mass is 9.97. The molecule has 186 valence electrons. The first-order chi connectivity index (χ1) is 16.8. The van der Waals surface area contributed by atoms with Gasteiger partial charge in [-0.3, -0.25) is 0 Å². The van der Waals surface area contributed by atoms with Gasteiger partial charge in [0, 0.05) is 30.6 Å². The molecule has 2 atom stereocenters. The highest BCUT2D eigenvalue weighted by atomic mass is 19.3. The maximum atomic E-state index is 15.1. The maximum Gasteiger partial charge on any atom is 0.298 e. The molecule has 0 aliphatic carbocycles. The fraction of sp³-hybridized carbons (Fsp3) is 0.500. The summed E-state index contributed by atoms with van der Waals surface area (Å²) in [6.07, 6.45) is -0.0360. The Labute approximate surface area is 203 Å². The zero-order valence-electron chi connectivity index (χ0n) is 20.4. The number of halogens is 2. The number of nitrogens with one attached hydrogen (secondary N) is 1. The molecule has 0 spiro atoms. The fourth-order valence-electron chi connectivity index (χ4n) is 4.86. The summed E-state index contributed by atoms with van der Waals surface area (Å²) in [7, 11) is 0. The predicted molar refractivity (Wildman–Crippen MR) is 131 cm³/mol. The monoisotopic (exact) mass is 483 g/mol. The van der Waals surface area contributed by atoms with Gasteiger partial charge in [0.05, 0.1) is 41.8 Å². The van der Waals surface area contributed by atoms with E-state index in [1.165, 1.54) is 6.07 Å². The van der Waals surface area contributed by atoms with E-state index in [2.05, 4.69) is 26.5 Å². The number of rotatable bonds is 6. The third-order valence-electron chi connectivity index (χ3n) is 6.89. The van der Waals surface area contributed by atoms with E-state index in [1.807, 2.05) is 26.8 Å². The number of aromatic nitrogens is 3. The van der Waals surface area contributed by atoms with E-state index >= 15 is 8.78 Å². The lowest BCUT2D eigenvalue weighted by molar-refractivity contribution is -0.122. The lowest BCUT2D eigenvalue weighted by Gasteiger charge is -2.30. The first-order valence-corrected chi connectivity index (χ1v) is 12.2. The Balaban J connectivity index is 1.45. The second-order valence-electron chi connectivity index (χ2n) is 9.34. The van der Waals surface area contributed by atoms with Gasteiger partial charge in [0.1, 0.15) is 6.10 Å². The summed E-state index contributed by atoms with van der Waals surface area (Å²) in [4.78, 5) is 7.11. The molecule has 1 aromatic carbocycles. The maximum absolute atomic E-state index is 15.1. The third-order valence-corrected chi connectivity index (χ3v) is 6.89. The number of nitrogens with zero attached hydrogens (tertiary/aromatic N) is 4. The molecule has 0 radical (unpaired) electrons. The Morgan fingerprint density at radius 2 is 1.89 bits per heavy atom. The summed E-state index contributed by atoms with van der Waals surface area (Å²) in [5.41, 5.74) is 4.21. The lowest BCUT2D eigenvalue weighted by Crippen LogP contribution is -2.36. The molecule has 2 aliphatic rings. The second kappa shape index (κ2) is 9.62. The number of hydrogen-bond acceptors (Lipinski definition) is 7. The van der Waals surface area contributed by atoms with Crippen LogP contribution in [-0.2, 0) is 15.4 Å². The van der Waals surface area contributed by atoms with Crippen molar-refractivity contribution in [1.29, 1.82) is 0 Å². The van der Waals surface area contributed by atoms with Crippen LogP contribution in [0.1, 0.15) is 48.3 Å². The quantitative estimate of drug-likeness (QED) is 0.533. The molecule has 2 aliphatic heterocycles. The van der Waals surface area contributed by atoms with E-state index < -0.39 is 12.0 Å². The van der Waals surface area contributed by atoms with E-state index in [4.69, 9.17) is 14.5 Å². The molecule has 7 nitrogen and oxygen atoms in total. The minimum atomic E-state index is -3.03. The highest BCUT2D eigenvalue weighted by molar-refractivity contribution is 5.93. The van der Waals surface area contributed by atoms with E-state index in [0.717, 1.165) is 46.6 Å². The molecule has 0 amide bonds. The van der Waals surface area contributed by atoms with Crippen molar-refractivity contribution in [3.63, 3.8) is 0 Å². The highest BCUT2D eigenvalue weighted by Crippen LogP contribution is 2.39.